The third-order valence-corrected chi connectivity index (χ3v) is 4.99. The summed E-state index contributed by atoms with van der Waals surface area (Å²) in [6.07, 6.45) is -3.84. The van der Waals surface area contributed by atoms with Crippen LogP contribution in [0.1, 0.15) is 29.3 Å². The Bertz CT molecular complexity index is 1030. The number of anilines is 1. The number of rotatable bonds is 4. The van der Waals surface area contributed by atoms with E-state index in [1.165, 1.54) is 16.8 Å². The lowest BCUT2D eigenvalue weighted by molar-refractivity contribution is -0.137. The lowest BCUT2D eigenvalue weighted by Crippen LogP contribution is -2.35. The van der Waals surface area contributed by atoms with Gasteiger partial charge in [-0.2, -0.15) is 17.9 Å². The van der Waals surface area contributed by atoms with E-state index in [9.17, 15) is 18.0 Å². The van der Waals surface area contributed by atoms with E-state index in [4.69, 9.17) is 5.73 Å². The third-order valence-electron chi connectivity index (χ3n) is 4.99. The molecule has 1 atom stereocenters. The summed E-state index contributed by atoms with van der Waals surface area (Å²) in [5.41, 5.74) is 6.94. The highest BCUT2D eigenvalue weighted by Gasteiger charge is 2.31. The first-order chi connectivity index (χ1) is 13.8. The van der Waals surface area contributed by atoms with E-state index in [1.54, 1.807) is 0 Å². The Kier molecular flexibility index (Phi) is 4.69. The molecule has 1 amide bonds. The van der Waals surface area contributed by atoms with E-state index in [-0.39, 0.29) is 11.8 Å². The van der Waals surface area contributed by atoms with Crippen molar-refractivity contribution in [1.82, 2.24) is 20.2 Å². The fourth-order valence-electron chi connectivity index (χ4n) is 3.56. The van der Waals surface area contributed by atoms with Crippen molar-refractivity contribution in [2.24, 2.45) is 5.73 Å². The number of hydrogen-bond acceptors (Lipinski definition) is 5. The summed E-state index contributed by atoms with van der Waals surface area (Å²) in [5.74, 6) is -0.253. The highest BCUT2D eigenvalue weighted by atomic mass is 19.4. The summed E-state index contributed by atoms with van der Waals surface area (Å²) in [4.78, 5) is 13.8. The van der Waals surface area contributed by atoms with Gasteiger partial charge in [-0.3, -0.25) is 4.79 Å². The highest BCUT2D eigenvalue weighted by Crippen LogP contribution is 2.36. The van der Waals surface area contributed by atoms with Gasteiger partial charge in [-0.1, -0.05) is 18.2 Å². The van der Waals surface area contributed by atoms with Crippen LogP contribution in [-0.2, 0) is 17.5 Å². The van der Waals surface area contributed by atoms with Crippen molar-refractivity contribution in [1.29, 1.82) is 0 Å². The van der Waals surface area contributed by atoms with Crippen molar-refractivity contribution in [3.05, 3.63) is 65.5 Å². The molecule has 3 aromatic rings. The second-order valence-electron chi connectivity index (χ2n) is 6.78. The number of halogens is 3. The van der Waals surface area contributed by atoms with Crippen LogP contribution in [-0.4, -0.2) is 32.7 Å². The third kappa shape index (κ3) is 3.65. The highest BCUT2D eigenvalue weighted by molar-refractivity contribution is 5.85. The number of fused-ring (bicyclic) bond motifs is 1. The molecule has 2 aromatic carbocycles. The van der Waals surface area contributed by atoms with Gasteiger partial charge in [0.15, 0.2) is 5.82 Å². The van der Waals surface area contributed by atoms with Crippen LogP contribution in [0.25, 0.3) is 5.69 Å². The summed E-state index contributed by atoms with van der Waals surface area (Å²) in [6.45, 7) is 0.904. The standard InChI is InChI=1S/C19H17F3N6O/c20-19(21,22)12-5-7-13(8-6-12)28-17(24-25-26-28)11-27-10-9-15(18(23)29)14-3-1-2-4-16(14)27/h1-8,15H,9-11H2,(H2,23,29). The predicted molar refractivity (Wildman–Crippen MR) is 98.2 cm³/mol. The maximum atomic E-state index is 12.8. The van der Waals surface area contributed by atoms with E-state index >= 15 is 0 Å². The number of hydrogen-bond donors (Lipinski definition) is 1. The average Bonchev–Trinajstić information content (AvgIpc) is 3.15. The number of para-hydroxylation sites is 1. The summed E-state index contributed by atoms with van der Waals surface area (Å²) in [6, 6.07) is 12.1. The van der Waals surface area contributed by atoms with Crippen LogP contribution in [0.4, 0.5) is 18.9 Å². The van der Waals surface area contributed by atoms with E-state index in [0.717, 1.165) is 23.4 Å². The molecule has 1 aromatic heterocycles. The topological polar surface area (TPSA) is 89.9 Å². The number of benzene rings is 2. The van der Waals surface area contributed by atoms with E-state index in [2.05, 4.69) is 15.5 Å². The number of tetrazole rings is 1. The summed E-state index contributed by atoms with van der Waals surface area (Å²) < 4.78 is 39.8. The summed E-state index contributed by atoms with van der Waals surface area (Å²) in [7, 11) is 0. The molecule has 0 radical (unpaired) electrons. The van der Waals surface area contributed by atoms with Gasteiger partial charge in [0.05, 0.1) is 23.7 Å². The van der Waals surface area contributed by atoms with Crippen molar-refractivity contribution >= 4 is 11.6 Å². The fraction of sp³-hybridized carbons (Fsp3) is 0.263. The smallest absolute Gasteiger partial charge is 0.369 e. The second-order valence-corrected chi connectivity index (χ2v) is 6.78. The molecule has 2 N–H and O–H groups in total. The molecule has 150 valence electrons. The van der Waals surface area contributed by atoms with Crippen LogP contribution in [0.3, 0.4) is 0 Å². The SMILES string of the molecule is NC(=O)C1CCN(Cc2nnnn2-c2ccc(C(F)(F)F)cc2)c2ccccc21. The number of primary amides is 1. The maximum absolute atomic E-state index is 12.8. The zero-order chi connectivity index (χ0) is 20.6. The minimum atomic E-state index is -4.41. The van der Waals surface area contributed by atoms with Gasteiger partial charge in [0.2, 0.25) is 5.91 Å². The zero-order valence-electron chi connectivity index (χ0n) is 15.2. The van der Waals surface area contributed by atoms with Gasteiger partial charge in [-0.05, 0) is 52.7 Å². The molecule has 1 aliphatic heterocycles. The molecule has 10 heteroatoms. The first kappa shape index (κ1) is 18.9. The molecule has 2 heterocycles. The Labute approximate surface area is 163 Å². The molecule has 0 spiro atoms. The van der Waals surface area contributed by atoms with Crippen LogP contribution in [0.5, 0.6) is 0 Å². The average molecular weight is 402 g/mol. The number of nitrogens with zero attached hydrogens (tertiary/aromatic N) is 5. The Morgan fingerprint density at radius 3 is 2.55 bits per heavy atom. The molecular formula is C19H17F3N6O. The molecule has 0 saturated carbocycles. The first-order valence-electron chi connectivity index (χ1n) is 8.92. The first-order valence-corrected chi connectivity index (χ1v) is 8.92. The molecule has 29 heavy (non-hydrogen) atoms. The normalized spacial score (nSPS) is 16.5. The number of alkyl halides is 3. The van der Waals surface area contributed by atoms with Crippen molar-refractivity contribution in [2.75, 3.05) is 11.4 Å². The maximum Gasteiger partial charge on any atom is 0.416 e. The number of carbonyl (C=O) groups excluding carboxylic acids is 1. The number of nitrogens with two attached hydrogens (primary N) is 1. The van der Waals surface area contributed by atoms with Gasteiger partial charge in [-0.15, -0.1) is 5.10 Å². The number of carbonyl (C=O) groups is 1. The Balaban J connectivity index is 1.62. The molecule has 4 rings (SSSR count). The molecule has 0 saturated heterocycles. The van der Waals surface area contributed by atoms with Gasteiger partial charge in [0, 0.05) is 12.2 Å². The predicted octanol–water partition coefficient (Wildman–Crippen LogP) is 2.66. The van der Waals surface area contributed by atoms with Crippen LogP contribution in [0, 0.1) is 0 Å². The molecule has 1 unspecified atom stereocenters. The number of aromatic nitrogens is 4. The number of amides is 1. The largest absolute Gasteiger partial charge is 0.416 e. The lowest BCUT2D eigenvalue weighted by Gasteiger charge is -2.34. The van der Waals surface area contributed by atoms with Gasteiger partial charge in [0.25, 0.3) is 0 Å². The summed E-state index contributed by atoms with van der Waals surface area (Å²) >= 11 is 0. The van der Waals surface area contributed by atoms with Gasteiger partial charge < -0.3 is 10.6 Å². The second kappa shape index (κ2) is 7.19. The van der Waals surface area contributed by atoms with Gasteiger partial charge in [-0.25, -0.2) is 0 Å². The van der Waals surface area contributed by atoms with Crippen molar-refractivity contribution in [3.63, 3.8) is 0 Å². The van der Waals surface area contributed by atoms with E-state index < -0.39 is 11.7 Å². The Morgan fingerprint density at radius 1 is 1.14 bits per heavy atom. The molecule has 1 aliphatic rings. The molecule has 0 bridgehead atoms. The zero-order valence-corrected chi connectivity index (χ0v) is 15.2. The minimum Gasteiger partial charge on any atom is -0.369 e. The van der Waals surface area contributed by atoms with Crippen LogP contribution in [0.2, 0.25) is 0 Å². The van der Waals surface area contributed by atoms with Crippen molar-refractivity contribution < 1.29 is 18.0 Å². The van der Waals surface area contributed by atoms with Crippen LogP contribution in [0.15, 0.2) is 48.5 Å². The van der Waals surface area contributed by atoms with Crippen LogP contribution < -0.4 is 10.6 Å². The fourth-order valence-corrected chi connectivity index (χ4v) is 3.56. The van der Waals surface area contributed by atoms with Gasteiger partial charge in [0.1, 0.15) is 0 Å². The van der Waals surface area contributed by atoms with Crippen molar-refractivity contribution in [3.8, 4) is 5.69 Å². The van der Waals surface area contributed by atoms with Crippen LogP contribution >= 0.6 is 0 Å². The van der Waals surface area contributed by atoms with E-state index in [1.807, 2.05) is 29.2 Å². The monoisotopic (exact) mass is 402 g/mol. The van der Waals surface area contributed by atoms with E-state index in [0.29, 0.717) is 31.0 Å². The Morgan fingerprint density at radius 2 is 1.86 bits per heavy atom. The molecular weight excluding hydrogens is 385 g/mol. The van der Waals surface area contributed by atoms with Gasteiger partial charge >= 0.3 is 6.18 Å². The quantitative estimate of drug-likeness (QED) is 0.725. The minimum absolute atomic E-state index is 0.330. The molecule has 7 nitrogen and oxygen atoms in total. The Hall–Kier alpha value is -3.43. The van der Waals surface area contributed by atoms with Crippen molar-refractivity contribution in [2.45, 2.75) is 25.1 Å². The molecule has 0 aliphatic carbocycles. The summed E-state index contributed by atoms with van der Waals surface area (Å²) in [5, 5.41) is 11.6. The molecule has 0 fully saturated rings. The lowest BCUT2D eigenvalue weighted by atomic mass is 9.89.